The maximum absolute atomic E-state index is 15.1. The first-order chi connectivity index (χ1) is 21.5. The summed E-state index contributed by atoms with van der Waals surface area (Å²) in [5.41, 5.74) is -0.0262. The van der Waals surface area contributed by atoms with E-state index >= 15 is 4.39 Å². The highest BCUT2D eigenvalue weighted by Crippen LogP contribution is 2.22. The van der Waals surface area contributed by atoms with Gasteiger partial charge in [-0.25, -0.2) is 17.6 Å². The van der Waals surface area contributed by atoms with Gasteiger partial charge in [0.2, 0.25) is 0 Å². The lowest BCUT2D eigenvalue weighted by Crippen LogP contribution is -2.27. The highest BCUT2D eigenvalue weighted by atomic mass is 19.2. The second kappa shape index (κ2) is 13.0. The van der Waals surface area contributed by atoms with Crippen molar-refractivity contribution < 1.29 is 36.7 Å². The van der Waals surface area contributed by atoms with E-state index in [1.807, 2.05) is 0 Å². The van der Waals surface area contributed by atoms with E-state index in [0.29, 0.717) is 5.56 Å². The molecule has 230 valence electrons. The van der Waals surface area contributed by atoms with Crippen molar-refractivity contribution in [2.75, 3.05) is 0 Å². The number of hydrogen-bond donors (Lipinski definition) is 4. The SMILES string of the molecule is Cc1cc2c(F)c(F)c1CNC(=O)c1cccc(c1)C(=O)NCc1ccc(c(F)c1F)CNC(=O)c1cccc(c1)C(=O)NC2. The molecule has 4 aromatic rings. The molecule has 8 rings (SSSR count). The van der Waals surface area contributed by atoms with Gasteiger partial charge in [-0.15, -0.1) is 0 Å². The number of nitrogens with one attached hydrogen (secondary N) is 4. The molecule has 4 N–H and O–H groups in total. The Morgan fingerprint density at radius 1 is 0.467 bits per heavy atom. The topological polar surface area (TPSA) is 116 Å². The van der Waals surface area contributed by atoms with Crippen LogP contribution >= 0.6 is 0 Å². The molecule has 4 heterocycles. The first-order valence-corrected chi connectivity index (χ1v) is 13.8. The second-order valence-electron chi connectivity index (χ2n) is 10.4. The van der Waals surface area contributed by atoms with Gasteiger partial charge in [-0.2, -0.15) is 0 Å². The molecule has 0 fully saturated rings. The average molecular weight is 619 g/mol. The summed E-state index contributed by atoms with van der Waals surface area (Å²) in [6.45, 7) is 0.0337. The van der Waals surface area contributed by atoms with Gasteiger partial charge in [-0.3, -0.25) is 19.2 Å². The largest absolute Gasteiger partial charge is 0.348 e. The summed E-state index contributed by atoms with van der Waals surface area (Å²) in [5, 5.41) is 9.95. The van der Waals surface area contributed by atoms with Crippen LogP contribution < -0.4 is 21.3 Å². The molecular formula is C33H26F4N4O4. The number of rotatable bonds is 0. The summed E-state index contributed by atoms with van der Waals surface area (Å²) >= 11 is 0. The molecule has 8 bridgehead atoms. The van der Waals surface area contributed by atoms with Crippen LogP contribution in [-0.4, -0.2) is 23.6 Å². The standard InChI is InChI=1S/C33H26F4N4O4/c1-17-10-24-15-40-32(44)20-6-2-4-18(11-20)30(42)38-13-22-8-9-23(27(35)26(22)34)14-39-31(43)19-5-3-7-21(12-19)33(45)41-16-25(17)29(37)28(24)36/h2-12H,13-16H2,1H3,(H,38,42)(H,39,43)(H,40,44)(H,41,45). The molecule has 0 radical (unpaired) electrons. The number of aryl methyl sites for hydroxylation is 1. The zero-order valence-electron chi connectivity index (χ0n) is 23.8. The van der Waals surface area contributed by atoms with Crippen molar-refractivity contribution in [3.05, 3.63) is 140 Å². The van der Waals surface area contributed by atoms with Crippen LogP contribution in [0.3, 0.4) is 0 Å². The summed E-state index contributed by atoms with van der Waals surface area (Å²) in [6, 6.07) is 15.0. The van der Waals surface area contributed by atoms with Crippen molar-refractivity contribution in [2.24, 2.45) is 0 Å². The molecule has 4 aliphatic heterocycles. The fourth-order valence-electron chi connectivity index (χ4n) is 4.81. The molecule has 0 saturated heterocycles. The number of carbonyl (C=O) groups excluding carboxylic acids is 4. The first kappa shape index (κ1) is 30.9. The Bertz CT molecular complexity index is 1860. The third-order valence-corrected chi connectivity index (χ3v) is 7.37. The molecule has 0 aliphatic carbocycles. The van der Waals surface area contributed by atoms with Crippen LogP contribution in [0.2, 0.25) is 0 Å². The Morgan fingerprint density at radius 2 is 0.822 bits per heavy atom. The van der Waals surface area contributed by atoms with E-state index in [-0.39, 0.29) is 70.7 Å². The normalized spacial score (nSPS) is 14.4. The van der Waals surface area contributed by atoms with E-state index in [1.165, 1.54) is 73.7 Å². The Hall–Kier alpha value is -5.52. The average Bonchev–Trinajstić information content (AvgIpc) is 3.05. The van der Waals surface area contributed by atoms with Crippen LogP contribution in [0.25, 0.3) is 0 Å². The molecule has 45 heavy (non-hydrogen) atoms. The summed E-state index contributed by atoms with van der Waals surface area (Å²) in [7, 11) is 0. The summed E-state index contributed by atoms with van der Waals surface area (Å²) < 4.78 is 59.8. The molecule has 0 aromatic heterocycles. The van der Waals surface area contributed by atoms with Crippen LogP contribution in [-0.2, 0) is 26.2 Å². The number of benzene rings is 4. The molecule has 8 nitrogen and oxygen atoms in total. The molecule has 4 aliphatic rings. The Labute approximate surface area is 254 Å². The minimum absolute atomic E-state index is 0.0489. The molecule has 0 saturated carbocycles. The van der Waals surface area contributed by atoms with Gasteiger partial charge in [-0.1, -0.05) is 30.3 Å². The lowest BCUT2D eigenvalue weighted by atomic mass is 10.0. The van der Waals surface area contributed by atoms with Crippen molar-refractivity contribution in [1.82, 2.24) is 21.3 Å². The van der Waals surface area contributed by atoms with Gasteiger partial charge in [0, 0.05) is 70.7 Å². The number of halogens is 4. The number of hydrogen-bond acceptors (Lipinski definition) is 4. The van der Waals surface area contributed by atoms with Crippen LogP contribution in [0.1, 0.15) is 69.2 Å². The number of carbonyl (C=O) groups is 4. The quantitative estimate of drug-likeness (QED) is 0.216. The molecule has 12 heteroatoms. The van der Waals surface area contributed by atoms with Crippen LogP contribution in [0.15, 0.2) is 66.7 Å². The van der Waals surface area contributed by atoms with Crippen molar-refractivity contribution >= 4 is 23.6 Å². The Balaban J connectivity index is 1.47. The van der Waals surface area contributed by atoms with E-state index in [9.17, 15) is 32.3 Å². The lowest BCUT2D eigenvalue weighted by molar-refractivity contribution is 0.0934. The van der Waals surface area contributed by atoms with E-state index < -0.39 is 46.9 Å². The highest BCUT2D eigenvalue weighted by molar-refractivity contribution is 6.00. The van der Waals surface area contributed by atoms with Gasteiger partial charge in [0.15, 0.2) is 23.3 Å². The smallest absolute Gasteiger partial charge is 0.251 e. The maximum atomic E-state index is 15.1. The van der Waals surface area contributed by atoms with Gasteiger partial charge < -0.3 is 21.3 Å². The summed E-state index contributed by atoms with van der Waals surface area (Å²) in [4.78, 5) is 51.1. The van der Waals surface area contributed by atoms with E-state index in [4.69, 9.17) is 0 Å². The third kappa shape index (κ3) is 6.69. The predicted octanol–water partition coefficient (Wildman–Crippen LogP) is 4.58. The van der Waals surface area contributed by atoms with Gasteiger partial charge >= 0.3 is 0 Å². The van der Waals surface area contributed by atoms with Gasteiger partial charge in [0.25, 0.3) is 23.6 Å². The lowest BCUT2D eigenvalue weighted by Gasteiger charge is -2.14. The zero-order valence-corrected chi connectivity index (χ0v) is 23.8. The Kier molecular flexibility index (Phi) is 8.93. The summed E-state index contributed by atoms with van der Waals surface area (Å²) in [5.74, 6) is -7.48. The molecule has 4 amide bonds. The minimum Gasteiger partial charge on any atom is -0.348 e. The van der Waals surface area contributed by atoms with Crippen molar-refractivity contribution in [3.63, 3.8) is 0 Å². The fraction of sp³-hybridized carbons (Fsp3) is 0.152. The molecule has 0 atom stereocenters. The molecular weight excluding hydrogens is 592 g/mol. The van der Waals surface area contributed by atoms with Gasteiger partial charge in [0.05, 0.1) is 0 Å². The van der Waals surface area contributed by atoms with E-state index in [2.05, 4.69) is 21.3 Å². The van der Waals surface area contributed by atoms with Crippen LogP contribution in [0.4, 0.5) is 17.6 Å². The Morgan fingerprint density at radius 3 is 1.24 bits per heavy atom. The fourth-order valence-corrected chi connectivity index (χ4v) is 4.81. The van der Waals surface area contributed by atoms with Gasteiger partial charge in [-0.05, 0) is 48.9 Å². The monoisotopic (exact) mass is 618 g/mol. The highest BCUT2D eigenvalue weighted by Gasteiger charge is 2.20. The van der Waals surface area contributed by atoms with Crippen molar-refractivity contribution in [3.8, 4) is 0 Å². The third-order valence-electron chi connectivity index (χ3n) is 7.37. The van der Waals surface area contributed by atoms with Crippen LogP contribution in [0.5, 0.6) is 0 Å². The van der Waals surface area contributed by atoms with E-state index in [0.717, 1.165) is 0 Å². The summed E-state index contributed by atoms with van der Waals surface area (Å²) in [6.07, 6.45) is 0. The maximum Gasteiger partial charge on any atom is 0.251 e. The van der Waals surface area contributed by atoms with Gasteiger partial charge in [0.1, 0.15) is 0 Å². The molecule has 0 spiro atoms. The second-order valence-corrected chi connectivity index (χ2v) is 10.4. The predicted molar refractivity (Wildman–Crippen MR) is 155 cm³/mol. The first-order valence-electron chi connectivity index (χ1n) is 13.8. The van der Waals surface area contributed by atoms with E-state index in [1.54, 1.807) is 0 Å². The minimum atomic E-state index is -1.21. The van der Waals surface area contributed by atoms with Crippen molar-refractivity contribution in [1.29, 1.82) is 0 Å². The molecule has 0 unspecified atom stereocenters. The zero-order chi connectivity index (χ0) is 32.2. The van der Waals surface area contributed by atoms with Crippen LogP contribution in [0, 0.1) is 30.2 Å². The molecule has 4 aromatic carbocycles. The number of amides is 4. The van der Waals surface area contributed by atoms with Crippen molar-refractivity contribution in [2.45, 2.75) is 33.1 Å².